The minimum absolute atomic E-state index is 0.0368. The topological polar surface area (TPSA) is 59.4 Å². The third-order valence-electron chi connectivity index (χ3n) is 5.19. The molecule has 6 nitrogen and oxygen atoms in total. The number of benzene rings is 1. The Hall–Kier alpha value is -1.93. The SMILES string of the molecule is CC(C)OCCCNc1nc2sc3c(c2c(=O)n1-c1cccc(Cl)c1)CCN(C)C3. The second-order valence-corrected chi connectivity index (χ2v) is 9.45. The van der Waals surface area contributed by atoms with Gasteiger partial charge < -0.3 is 15.0 Å². The fourth-order valence-corrected chi connectivity index (χ4v) is 5.21. The van der Waals surface area contributed by atoms with Crippen LogP contribution in [0.15, 0.2) is 29.1 Å². The van der Waals surface area contributed by atoms with Gasteiger partial charge in [-0.2, -0.15) is 0 Å². The highest BCUT2D eigenvalue weighted by molar-refractivity contribution is 7.18. The Morgan fingerprint density at radius 2 is 2.20 bits per heavy atom. The number of likely N-dealkylation sites (N-methyl/N-ethyl adjacent to an activating group) is 1. The summed E-state index contributed by atoms with van der Waals surface area (Å²) in [6.07, 6.45) is 1.91. The van der Waals surface area contributed by atoms with Gasteiger partial charge in [0, 0.05) is 36.1 Å². The van der Waals surface area contributed by atoms with Crippen LogP contribution in [0.1, 0.15) is 30.7 Å². The van der Waals surface area contributed by atoms with Gasteiger partial charge in [0.1, 0.15) is 4.83 Å². The highest BCUT2D eigenvalue weighted by Crippen LogP contribution is 2.33. The molecular weight excluding hydrogens is 420 g/mol. The molecule has 160 valence electrons. The van der Waals surface area contributed by atoms with Crippen LogP contribution in [0.2, 0.25) is 5.02 Å². The molecule has 1 N–H and O–H groups in total. The van der Waals surface area contributed by atoms with E-state index in [1.54, 1.807) is 28.0 Å². The lowest BCUT2D eigenvalue weighted by Gasteiger charge is -2.22. The molecule has 1 aliphatic heterocycles. The summed E-state index contributed by atoms with van der Waals surface area (Å²) in [5, 5.41) is 4.69. The summed E-state index contributed by atoms with van der Waals surface area (Å²) in [5.41, 5.74) is 1.83. The van der Waals surface area contributed by atoms with Crippen LogP contribution in [0, 0.1) is 0 Å². The number of thiophene rings is 1. The zero-order valence-corrected chi connectivity index (χ0v) is 19.1. The molecule has 1 aliphatic rings. The molecule has 4 rings (SSSR count). The quantitative estimate of drug-likeness (QED) is 0.548. The van der Waals surface area contributed by atoms with Crippen LogP contribution in [0.25, 0.3) is 15.9 Å². The van der Waals surface area contributed by atoms with E-state index < -0.39 is 0 Å². The number of fused-ring (bicyclic) bond motifs is 3. The summed E-state index contributed by atoms with van der Waals surface area (Å²) in [6, 6.07) is 7.35. The van der Waals surface area contributed by atoms with Gasteiger partial charge in [0.15, 0.2) is 0 Å². The van der Waals surface area contributed by atoms with Crippen LogP contribution in [0.4, 0.5) is 5.95 Å². The maximum atomic E-state index is 13.7. The summed E-state index contributed by atoms with van der Waals surface area (Å²) in [6.45, 7) is 7.19. The number of hydrogen-bond acceptors (Lipinski definition) is 6. The minimum Gasteiger partial charge on any atom is -0.379 e. The molecule has 0 amide bonds. The van der Waals surface area contributed by atoms with Crippen molar-refractivity contribution >= 4 is 39.1 Å². The van der Waals surface area contributed by atoms with Crippen molar-refractivity contribution < 1.29 is 4.74 Å². The smallest absolute Gasteiger partial charge is 0.268 e. The van der Waals surface area contributed by atoms with Gasteiger partial charge in [0.05, 0.1) is 17.2 Å². The van der Waals surface area contributed by atoms with Crippen LogP contribution >= 0.6 is 22.9 Å². The lowest BCUT2D eigenvalue weighted by Crippen LogP contribution is -2.27. The fourth-order valence-electron chi connectivity index (χ4n) is 3.74. The molecule has 0 saturated heterocycles. The van der Waals surface area contributed by atoms with E-state index in [1.165, 1.54) is 4.88 Å². The molecule has 0 fully saturated rings. The van der Waals surface area contributed by atoms with Gasteiger partial charge >= 0.3 is 0 Å². The molecule has 0 bridgehead atoms. The van der Waals surface area contributed by atoms with E-state index in [4.69, 9.17) is 21.3 Å². The first kappa shape index (κ1) is 21.3. The van der Waals surface area contributed by atoms with Gasteiger partial charge in [-0.3, -0.25) is 4.79 Å². The van der Waals surface area contributed by atoms with Gasteiger partial charge in [-0.25, -0.2) is 9.55 Å². The number of anilines is 1. The summed E-state index contributed by atoms with van der Waals surface area (Å²) >= 11 is 7.86. The molecule has 2 aromatic heterocycles. The fraction of sp³-hybridized carbons (Fsp3) is 0.455. The first-order valence-corrected chi connectivity index (χ1v) is 11.5. The average Bonchev–Trinajstić information content (AvgIpc) is 3.05. The van der Waals surface area contributed by atoms with Crippen molar-refractivity contribution in [2.75, 3.05) is 32.1 Å². The van der Waals surface area contributed by atoms with E-state index in [0.29, 0.717) is 24.1 Å². The van der Waals surface area contributed by atoms with Gasteiger partial charge in [-0.15, -0.1) is 11.3 Å². The molecule has 3 heterocycles. The Morgan fingerprint density at radius 1 is 1.37 bits per heavy atom. The zero-order chi connectivity index (χ0) is 21.3. The molecule has 0 aliphatic carbocycles. The molecule has 0 spiro atoms. The molecule has 30 heavy (non-hydrogen) atoms. The van der Waals surface area contributed by atoms with Crippen LogP contribution < -0.4 is 10.9 Å². The molecule has 0 atom stereocenters. The van der Waals surface area contributed by atoms with Crippen molar-refractivity contribution in [3.8, 4) is 5.69 Å². The second-order valence-electron chi connectivity index (χ2n) is 7.93. The van der Waals surface area contributed by atoms with E-state index in [0.717, 1.165) is 47.4 Å². The maximum Gasteiger partial charge on any atom is 0.268 e. The van der Waals surface area contributed by atoms with Crippen molar-refractivity contribution in [2.45, 2.75) is 39.3 Å². The first-order chi connectivity index (χ1) is 14.4. The predicted octanol–water partition coefficient (Wildman–Crippen LogP) is 4.32. The highest BCUT2D eigenvalue weighted by Gasteiger charge is 2.24. The molecule has 1 aromatic carbocycles. The summed E-state index contributed by atoms with van der Waals surface area (Å²) in [5.74, 6) is 0.547. The number of nitrogens with zero attached hydrogens (tertiary/aromatic N) is 3. The Balaban J connectivity index is 1.76. The highest BCUT2D eigenvalue weighted by atomic mass is 35.5. The molecule has 0 radical (unpaired) electrons. The van der Waals surface area contributed by atoms with Crippen LogP contribution in [0.3, 0.4) is 0 Å². The number of rotatable bonds is 7. The van der Waals surface area contributed by atoms with Crippen LogP contribution in [-0.4, -0.2) is 47.3 Å². The van der Waals surface area contributed by atoms with Gasteiger partial charge in [-0.05, 0) is 57.5 Å². The van der Waals surface area contributed by atoms with Crippen LogP contribution in [-0.2, 0) is 17.7 Å². The van der Waals surface area contributed by atoms with Crippen molar-refractivity contribution in [3.63, 3.8) is 0 Å². The lowest BCUT2D eigenvalue weighted by atomic mass is 10.1. The second kappa shape index (κ2) is 9.06. The largest absolute Gasteiger partial charge is 0.379 e. The number of aromatic nitrogens is 2. The number of hydrogen-bond donors (Lipinski definition) is 1. The molecule has 3 aromatic rings. The Bertz CT molecular complexity index is 1110. The molecule has 8 heteroatoms. The minimum atomic E-state index is -0.0368. The van der Waals surface area contributed by atoms with E-state index in [2.05, 4.69) is 17.3 Å². The zero-order valence-electron chi connectivity index (χ0n) is 17.6. The van der Waals surface area contributed by atoms with Crippen molar-refractivity contribution in [2.24, 2.45) is 0 Å². The van der Waals surface area contributed by atoms with Crippen molar-refractivity contribution in [1.29, 1.82) is 0 Å². The third kappa shape index (κ3) is 4.39. The normalized spacial score (nSPS) is 14.4. The number of nitrogens with one attached hydrogen (secondary N) is 1. The summed E-state index contributed by atoms with van der Waals surface area (Å²) in [4.78, 5) is 22.9. The molecular formula is C22H27ClN4O2S. The first-order valence-electron chi connectivity index (χ1n) is 10.3. The van der Waals surface area contributed by atoms with Crippen LogP contribution in [0.5, 0.6) is 0 Å². The summed E-state index contributed by atoms with van der Waals surface area (Å²) < 4.78 is 7.28. The maximum absolute atomic E-state index is 13.7. The standard InChI is InChI=1S/C22H27ClN4O2S/c1-14(2)29-11-5-9-24-22-25-20-19(17-8-10-26(3)13-18(17)30-20)21(28)27(22)16-7-4-6-15(23)12-16/h4,6-7,12,14H,5,8-11,13H2,1-3H3,(H,24,25). The Kier molecular flexibility index (Phi) is 6.43. The average molecular weight is 447 g/mol. The monoisotopic (exact) mass is 446 g/mol. The van der Waals surface area contributed by atoms with Gasteiger partial charge in [-0.1, -0.05) is 17.7 Å². The summed E-state index contributed by atoms with van der Waals surface area (Å²) in [7, 11) is 2.11. The number of ether oxygens (including phenoxy) is 1. The van der Waals surface area contributed by atoms with E-state index in [-0.39, 0.29) is 11.7 Å². The Morgan fingerprint density at radius 3 is 2.97 bits per heavy atom. The van der Waals surface area contributed by atoms with Gasteiger partial charge in [0.25, 0.3) is 5.56 Å². The third-order valence-corrected chi connectivity index (χ3v) is 6.53. The number of halogens is 1. The van der Waals surface area contributed by atoms with Gasteiger partial charge in [0.2, 0.25) is 5.95 Å². The molecule has 0 unspecified atom stereocenters. The van der Waals surface area contributed by atoms with Crippen molar-refractivity contribution in [3.05, 3.63) is 50.1 Å². The van der Waals surface area contributed by atoms with E-state index in [9.17, 15) is 4.79 Å². The van der Waals surface area contributed by atoms with E-state index >= 15 is 0 Å². The lowest BCUT2D eigenvalue weighted by molar-refractivity contribution is 0.0787. The molecule has 0 saturated carbocycles. The van der Waals surface area contributed by atoms with E-state index in [1.807, 2.05) is 26.0 Å². The van der Waals surface area contributed by atoms with Crippen molar-refractivity contribution in [1.82, 2.24) is 14.5 Å². The Labute approximate surface area is 185 Å². The predicted molar refractivity (Wildman–Crippen MR) is 124 cm³/mol.